The molecule has 0 saturated carbocycles. The highest BCUT2D eigenvalue weighted by molar-refractivity contribution is 7.97. The van der Waals surface area contributed by atoms with Crippen LogP contribution in [-0.4, -0.2) is 41.5 Å². The van der Waals surface area contributed by atoms with Crippen molar-refractivity contribution in [1.29, 1.82) is 0 Å². The van der Waals surface area contributed by atoms with Gasteiger partial charge in [0.2, 0.25) is 5.91 Å². The van der Waals surface area contributed by atoms with E-state index in [-0.39, 0.29) is 11.5 Å². The summed E-state index contributed by atoms with van der Waals surface area (Å²) < 4.78 is 6.72. The quantitative estimate of drug-likeness (QED) is 0.382. The number of benzene rings is 3. The summed E-state index contributed by atoms with van der Waals surface area (Å²) in [4.78, 5) is 22.4. The molecule has 1 heterocycles. The zero-order valence-electron chi connectivity index (χ0n) is 19.8. The van der Waals surface area contributed by atoms with Gasteiger partial charge >= 0.3 is 5.97 Å². The summed E-state index contributed by atoms with van der Waals surface area (Å²) in [5.41, 5.74) is 4.01. The first-order valence-electron chi connectivity index (χ1n) is 11.0. The highest BCUT2D eigenvalue weighted by Crippen LogP contribution is 2.35. The Morgan fingerprint density at radius 1 is 1.00 bits per heavy atom. The topological polar surface area (TPSA) is 66.8 Å². The summed E-state index contributed by atoms with van der Waals surface area (Å²) >= 11 is 7.31. The maximum absolute atomic E-state index is 11.0. The van der Waals surface area contributed by atoms with E-state index >= 15 is 0 Å². The third-order valence-corrected chi connectivity index (χ3v) is 6.18. The first kappa shape index (κ1) is 27.4. The zero-order chi connectivity index (χ0) is 25.1. The Kier molecular flexibility index (Phi) is 11.1. The third kappa shape index (κ3) is 7.90. The minimum absolute atomic E-state index is 0.0827. The van der Waals surface area contributed by atoms with Crippen LogP contribution in [0.5, 0.6) is 0 Å². The van der Waals surface area contributed by atoms with Crippen molar-refractivity contribution in [2.75, 3.05) is 20.3 Å². The van der Waals surface area contributed by atoms with Gasteiger partial charge in [-0.05, 0) is 59.0 Å². The predicted octanol–water partition coefficient (Wildman–Crippen LogP) is 7.02. The Morgan fingerprint density at radius 2 is 1.68 bits per heavy atom. The van der Waals surface area contributed by atoms with Gasteiger partial charge < -0.3 is 9.84 Å². The molecule has 1 aliphatic heterocycles. The number of carboxylic acids is 1. The summed E-state index contributed by atoms with van der Waals surface area (Å²) in [6.07, 6.45) is 0. The van der Waals surface area contributed by atoms with Gasteiger partial charge in [-0.1, -0.05) is 67.9 Å². The van der Waals surface area contributed by atoms with Gasteiger partial charge in [0.05, 0.1) is 18.8 Å². The molecule has 3 aromatic carbocycles. The SMILES string of the molecule is CC.CC(=O)N(C)Sc1cccc(C(=O)O)c1.Clc1ccc(C2COC2)c(-c2ccccc2)c1. The van der Waals surface area contributed by atoms with Crippen LogP contribution in [0.1, 0.15) is 42.6 Å². The molecule has 0 unspecified atom stereocenters. The second-order valence-electron chi connectivity index (χ2n) is 7.27. The second-order valence-corrected chi connectivity index (χ2v) is 8.91. The molecule has 0 radical (unpaired) electrons. The smallest absolute Gasteiger partial charge is 0.335 e. The summed E-state index contributed by atoms with van der Waals surface area (Å²) in [5, 5.41) is 9.55. The monoisotopic (exact) mass is 499 g/mol. The van der Waals surface area contributed by atoms with Crippen LogP contribution >= 0.6 is 23.5 Å². The molecular formula is C27H30ClNO4S. The maximum Gasteiger partial charge on any atom is 0.335 e. The van der Waals surface area contributed by atoms with Gasteiger partial charge in [-0.2, -0.15) is 0 Å². The van der Waals surface area contributed by atoms with Crippen molar-refractivity contribution in [2.45, 2.75) is 31.6 Å². The summed E-state index contributed by atoms with van der Waals surface area (Å²) in [5.74, 6) is -0.536. The van der Waals surface area contributed by atoms with Crippen molar-refractivity contribution in [3.8, 4) is 11.1 Å². The van der Waals surface area contributed by atoms with Crippen LogP contribution in [0.2, 0.25) is 5.02 Å². The number of rotatable bonds is 5. The second kappa shape index (κ2) is 13.8. The average molecular weight is 500 g/mol. The lowest BCUT2D eigenvalue weighted by Gasteiger charge is -2.28. The molecule has 1 aliphatic rings. The maximum atomic E-state index is 11.0. The van der Waals surface area contributed by atoms with Crippen molar-refractivity contribution < 1.29 is 19.4 Å². The lowest BCUT2D eigenvalue weighted by atomic mass is 9.89. The Morgan fingerprint density at radius 3 is 2.24 bits per heavy atom. The molecule has 0 bridgehead atoms. The molecule has 1 amide bonds. The number of carbonyl (C=O) groups is 2. The van der Waals surface area contributed by atoms with Crippen LogP contribution in [0.25, 0.3) is 11.1 Å². The first-order chi connectivity index (χ1) is 16.3. The summed E-state index contributed by atoms with van der Waals surface area (Å²) in [6, 6.07) is 23.0. The van der Waals surface area contributed by atoms with Gasteiger partial charge in [-0.15, -0.1) is 0 Å². The molecule has 4 rings (SSSR count). The Hall–Kier alpha value is -2.80. The van der Waals surface area contributed by atoms with E-state index in [9.17, 15) is 9.59 Å². The molecule has 0 atom stereocenters. The predicted molar refractivity (Wildman–Crippen MR) is 139 cm³/mol. The van der Waals surface area contributed by atoms with Crippen molar-refractivity contribution >= 4 is 35.4 Å². The number of carbonyl (C=O) groups excluding carboxylic acids is 1. The minimum Gasteiger partial charge on any atom is -0.478 e. The normalized spacial score (nSPS) is 12.3. The van der Waals surface area contributed by atoms with E-state index in [0.29, 0.717) is 5.92 Å². The van der Waals surface area contributed by atoms with Crippen LogP contribution in [0, 0.1) is 0 Å². The van der Waals surface area contributed by atoms with Crippen LogP contribution in [0.3, 0.4) is 0 Å². The van der Waals surface area contributed by atoms with Gasteiger partial charge in [0.15, 0.2) is 0 Å². The number of hydrogen-bond donors (Lipinski definition) is 1. The highest BCUT2D eigenvalue weighted by atomic mass is 35.5. The van der Waals surface area contributed by atoms with Crippen LogP contribution in [0.4, 0.5) is 0 Å². The van der Waals surface area contributed by atoms with Crippen molar-refractivity contribution in [2.24, 2.45) is 0 Å². The molecule has 1 N–H and O–H groups in total. The standard InChI is InChI=1S/C15H13ClO.C10H11NO3S.C2H6/c16-13-6-7-14(12-9-17-10-12)15(8-13)11-4-2-1-3-5-11;1-7(12)11(2)15-9-5-3-4-8(6-9)10(13)14;1-2/h1-8,12H,9-10H2;3-6H,1-2H3,(H,13,14);1-2H3. The van der Waals surface area contributed by atoms with Crippen molar-refractivity contribution in [3.05, 3.63) is 88.9 Å². The van der Waals surface area contributed by atoms with Gasteiger partial charge in [0, 0.05) is 29.8 Å². The van der Waals surface area contributed by atoms with Gasteiger partial charge in [0.1, 0.15) is 0 Å². The van der Waals surface area contributed by atoms with Gasteiger partial charge in [-0.25, -0.2) is 4.79 Å². The Balaban J connectivity index is 0.000000226. The fraction of sp³-hybridized carbons (Fsp3) is 0.259. The highest BCUT2D eigenvalue weighted by Gasteiger charge is 2.23. The van der Waals surface area contributed by atoms with E-state index < -0.39 is 5.97 Å². The first-order valence-corrected chi connectivity index (χ1v) is 12.2. The van der Waals surface area contributed by atoms with Crippen LogP contribution in [0.15, 0.2) is 77.7 Å². The molecule has 1 saturated heterocycles. The summed E-state index contributed by atoms with van der Waals surface area (Å²) in [6.45, 7) is 7.09. The van der Waals surface area contributed by atoms with Crippen LogP contribution in [-0.2, 0) is 9.53 Å². The molecule has 0 aliphatic carbocycles. The van der Waals surface area contributed by atoms with E-state index in [1.54, 1.807) is 19.2 Å². The molecule has 3 aromatic rings. The largest absolute Gasteiger partial charge is 0.478 e. The molecule has 180 valence electrons. The minimum atomic E-state index is -0.970. The number of aromatic carboxylic acids is 1. The Labute approximate surface area is 210 Å². The van der Waals surface area contributed by atoms with E-state index in [1.807, 2.05) is 32.0 Å². The lowest BCUT2D eigenvalue weighted by Crippen LogP contribution is -2.25. The number of amides is 1. The van der Waals surface area contributed by atoms with E-state index in [1.165, 1.54) is 52.0 Å². The number of ether oxygens (including phenoxy) is 1. The molecule has 0 spiro atoms. The molecule has 5 nitrogen and oxygen atoms in total. The molecule has 1 fully saturated rings. The average Bonchev–Trinajstić information content (AvgIpc) is 2.81. The van der Waals surface area contributed by atoms with Crippen molar-refractivity contribution in [3.63, 3.8) is 0 Å². The fourth-order valence-corrected chi connectivity index (χ4v) is 4.01. The molecule has 0 aromatic heterocycles. The Bertz CT molecular complexity index is 1090. The lowest BCUT2D eigenvalue weighted by molar-refractivity contribution is -0.123. The molecule has 7 heteroatoms. The van der Waals surface area contributed by atoms with Gasteiger partial charge in [-0.3, -0.25) is 9.10 Å². The van der Waals surface area contributed by atoms with E-state index in [0.717, 1.165) is 23.1 Å². The zero-order valence-corrected chi connectivity index (χ0v) is 21.4. The van der Waals surface area contributed by atoms with Crippen LogP contribution < -0.4 is 0 Å². The van der Waals surface area contributed by atoms with Gasteiger partial charge in [0.25, 0.3) is 0 Å². The number of halogens is 1. The van der Waals surface area contributed by atoms with Crippen molar-refractivity contribution in [1.82, 2.24) is 4.31 Å². The fourth-order valence-electron chi connectivity index (χ4n) is 3.08. The molecule has 34 heavy (non-hydrogen) atoms. The summed E-state index contributed by atoms with van der Waals surface area (Å²) in [7, 11) is 1.64. The number of hydrogen-bond acceptors (Lipinski definition) is 4. The molecular weight excluding hydrogens is 470 g/mol. The van der Waals surface area contributed by atoms with E-state index in [2.05, 4.69) is 30.3 Å². The van der Waals surface area contributed by atoms with E-state index in [4.69, 9.17) is 21.4 Å². The number of nitrogens with zero attached hydrogens (tertiary/aromatic N) is 1. The third-order valence-electron chi connectivity index (χ3n) is 4.94. The number of carboxylic acid groups (broad SMARTS) is 1.